The van der Waals surface area contributed by atoms with Crippen LogP contribution in [0.4, 0.5) is 0 Å². The van der Waals surface area contributed by atoms with Crippen LogP contribution in [0.1, 0.15) is 18.5 Å². The van der Waals surface area contributed by atoms with Crippen LogP contribution in [0.2, 0.25) is 5.02 Å². The van der Waals surface area contributed by atoms with Gasteiger partial charge in [0.2, 0.25) is 5.91 Å². The number of benzene rings is 1. The van der Waals surface area contributed by atoms with Crippen molar-refractivity contribution >= 4 is 17.5 Å². The first-order chi connectivity index (χ1) is 7.50. The standard InChI is InChI=1S/C12H17ClN2O/c1-9(14-8-12(16)15(2)3)10-4-6-11(13)7-5-10/h4-7,9,14H,8H2,1-3H3. The second-order valence-corrected chi connectivity index (χ2v) is 4.38. The Morgan fingerprint density at radius 1 is 1.38 bits per heavy atom. The second-order valence-electron chi connectivity index (χ2n) is 3.94. The van der Waals surface area contributed by atoms with E-state index in [1.165, 1.54) is 0 Å². The smallest absolute Gasteiger partial charge is 0.236 e. The van der Waals surface area contributed by atoms with Crippen LogP contribution in [-0.2, 0) is 4.79 Å². The summed E-state index contributed by atoms with van der Waals surface area (Å²) in [4.78, 5) is 12.9. The maximum absolute atomic E-state index is 11.4. The van der Waals surface area contributed by atoms with E-state index in [1.54, 1.807) is 19.0 Å². The van der Waals surface area contributed by atoms with Gasteiger partial charge in [0.15, 0.2) is 0 Å². The fourth-order valence-corrected chi connectivity index (χ4v) is 1.39. The molecule has 0 heterocycles. The molecular formula is C12H17ClN2O. The summed E-state index contributed by atoms with van der Waals surface area (Å²) < 4.78 is 0. The molecule has 1 atom stereocenters. The zero-order valence-corrected chi connectivity index (χ0v) is 10.6. The third-order valence-corrected chi connectivity index (χ3v) is 2.68. The van der Waals surface area contributed by atoms with Crippen LogP contribution in [0.15, 0.2) is 24.3 Å². The van der Waals surface area contributed by atoms with Gasteiger partial charge in [-0.2, -0.15) is 0 Å². The Hall–Kier alpha value is -1.06. The fraction of sp³-hybridized carbons (Fsp3) is 0.417. The predicted octanol–water partition coefficient (Wildman–Crippen LogP) is 2.08. The van der Waals surface area contributed by atoms with Gasteiger partial charge in [-0.15, -0.1) is 0 Å². The molecule has 1 unspecified atom stereocenters. The monoisotopic (exact) mass is 240 g/mol. The molecule has 16 heavy (non-hydrogen) atoms. The minimum absolute atomic E-state index is 0.0702. The highest BCUT2D eigenvalue weighted by Gasteiger charge is 2.08. The van der Waals surface area contributed by atoms with Crippen molar-refractivity contribution in [2.75, 3.05) is 20.6 Å². The number of nitrogens with one attached hydrogen (secondary N) is 1. The van der Waals surface area contributed by atoms with Crippen LogP contribution >= 0.6 is 11.6 Å². The first-order valence-electron chi connectivity index (χ1n) is 5.19. The van der Waals surface area contributed by atoms with Crippen molar-refractivity contribution in [2.24, 2.45) is 0 Å². The van der Waals surface area contributed by atoms with E-state index in [-0.39, 0.29) is 11.9 Å². The van der Waals surface area contributed by atoms with E-state index in [2.05, 4.69) is 5.32 Å². The maximum atomic E-state index is 11.4. The van der Waals surface area contributed by atoms with Gasteiger partial charge in [0.05, 0.1) is 6.54 Å². The number of carbonyl (C=O) groups is 1. The Balaban J connectivity index is 2.49. The predicted molar refractivity (Wildman–Crippen MR) is 66.6 cm³/mol. The van der Waals surface area contributed by atoms with E-state index in [1.807, 2.05) is 31.2 Å². The number of likely N-dealkylation sites (N-methyl/N-ethyl adjacent to an activating group) is 1. The molecule has 1 rings (SSSR count). The summed E-state index contributed by atoms with van der Waals surface area (Å²) in [6, 6.07) is 7.76. The quantitative estimate of drug-likeness (QED) is 0.874. The molecule has 1 N–H and O–H groups in total. The van der Waals surface area contributed by atoms with Crippen molar-refractivity contribution in [3.05, 3.63) is 34.9 Å². The van der Waals surface area contributed by atoms with Gasteiger partial charge in [-0.1, -0.05) is 23.7 Å². The van der Waals surface area contributed by atoms with Crippen LogP contribution < -0.4 is 5.32 Å². The number of nitrogens with zero attached hydrogens (tertiary/aromatic N) is 1. The third-order valence-electron chi connectivity index (χ3n) is 2.43. The van der Waals surface area contributed by atoms with Crippen LogP contribution in [0.25, 0.3) is 0 Å². The van der Waals surface area contributed by atoms with Gasteiger partial charge in [-0.25, -0.2) is 0 Å². The van der Waals surface area contributed by atoms with E-state index in [0.717, 1.165) is 10.6 Å². The van der Waals surface area contributed by atoms with E-state index in [4.69, 9.17) is 11.6 Å². The maximum Gasteiger partial charge on any atom is 0.236 e. The lowest BCUT2D eigenvalue weighted by Crippen LogP contribution is -2.34. The molecule has 0 saturated carbocycles. The average Bonchev–Trinajstić information content (AvgIpc) is 2.26. The molecule has 0 aromatic heterocycles. The molecule has 0 fully saturated rings. The molecule has 1 amide bonds. The molecule has 88 valence electrons. The Morgan fingerprint density at radius 3 is 2.44 bits per heavy atom. The van der Waals surface area contributed by atoms with E-state index in [9.17, 15) is 4.79 Å². The van der Waals surface area contributed by atoms with Crippen LogP contribution in [0, 0.1) is 0 Å². The van der Waals surface area contributed by atoms with Crippen molar-refractivity contribution in [1.82, 2.24) is 10.2 Å². The van der Waals surface area contributed by atoms with E-state index < -0.39 is 0 Å². The fourth-order valence-electron chi connectivity index (χ4n) is 1.27. The van der Waals surface area contributed by atoms with Gasteiger partial charge in [0, 0.05) is 25.2 Å². The number of halogens is 1. The van der Waals surface area contributed by atoms with E-state index >= 15 is 0 Å². The lowest BCUT2D eigenvalue weighted by atomic mass is 10.1. The van der Waals surface area contributed by atoms with Gasteiger partial charge < -0.3 is 10.2 Å². The van der Waals surface area contributed by atoms with Crippen LogP contribution in [0.3, 0.4) is 0 Å². The summed E-state index contributed by atoms with van der Waals surface area (Å²) in [5, 5.41) is 3.89. The normalized spacial score (nSPS) is 12.2. The lowest BCUT2D eigenvalue weighted by molar-refractivity contribution is -0.127. The number of amides is 1. The summed E-state index contributed by atoms with van der Waals surface area (Å²) in [5.41, 5.74) is 1.12. The molecule has 0 spiro atoms. The van der Waals surface area contributed by atoms with Crippen molar-refractivity contribution in [1.29, 1.82) is 0 Å². The average molecular weight is 241 g/mol. The molecule has 0 aliphatic rings. The minimum Gasteiger partial charge on any atom is -0.348 e. The van der Waals surface area contributed by atoms with Crippen LogP contribution in [-0.4, -0.2) is 31.4 Å². The molecule has 0 bridgehead atoms. The first-order valence-corrected chi connectivity index (χ1v) is 5.57. The molecule has 0 aliphatic carbocycles. The zero-order chi connectivity index (χ0) is 12.1. The van der Waals surface area contributed by atoms with Crippen molar-refractivity contribution in [2.45, 2.75) is 13.0 Å². The number of carbonyl (C=O) groups excluding carboxylic acids is 1. The number of hydrogen-bond donors (Lipinski definition) is 1. The largest absolute Gasteiger partial charge is 0.348 e. The molecule has 4 heteroatoms. The SMILES string of the molecule is CC(NCC(=O)N(C)C)c1ccc(Cl)cc1. The summed E-state index contributed by atoms with van der Waals surface area (Å²) in [7, 11) is 3.49. The molecule has 0 aliphatic heterocycles. The number of hydrogen-bond acceptors (Lipinski definition) is 2. The molecule has 0 saturated heterocycles. The van der Waals surface area contributed by atoms with Crippen molar-refractivity contribution in [3.63, 3.8) is 0 Å². The first kappa shape index (κ1) is 13.0. The molecule has 3 nitrogen and oxygen atoms in total. The topological polar surface area (TPSA) is 32.3 Å². The van der Waals surface area contributed by atoms with Crippen molar-refractivity contribution in [3.8, 4) is 0 Å². The Morgan fingerprint density at radius 2 is 1.94 bits per heavy atom. The summed E-state index contributed by atoms with van der Waals surface area (Å²) >= 11 is 5.80. The second kappa shape index (κ2) is 5.87. The summed E-state index contributed by atoms with van der Waals surface area (Å²) in [6.45, 7) is 2.36. The van der Waals surface area contributed by atoms with Gasteiger partial charge in [-0.05, 0) is 24.6 Å². The molecule has 1 aromatic rings. The van der Waals surface area contributed by atoms with Gasteiger partial charge in [0.1, 0.15) is 0 Å². The number of rotatable bonds is 4. The Kier molecular flexibility index (Phi) is 4.77. The van der Waals surface area contributed by atoms with Gasteiger partial charge in [0.25, 0.3) is 0 Å². The van der Waals surface area contributed by atoms with Crippen LogP contribution in [0.5, 0.6) is 0 Å². The van der Waals surface area contributed by atoms with E-state index in [0.29, 0.717) is 6.54 Å². The Labute approximate surface area is 101 Å². The molecule has 0 radical (unpaired) electrons. The van der Waals surface area contributed by atoms with Gasteiger partial charge >= 0.3 is 0 Å². The van der Waals surface area contributed by atoms with Crippen molar-refractivity contribution < 1.29 is 4.79 Å². The highest BCUT2D eigenvalue weighted by molar-refractivity contribution is 6.30. The summed E-state index contributed by atoms with van der Waals surface area (Å²) in [6.07, 6.45) is 0. The molecular weight excluding hydrogens is 224 g/mol. The summed E-state index contributed by atoms with van der Waals surface area (Å²) in [5.74, 6) is 0.0702. The Bertz CT molecular complexity index is 349. The highest BCUT2D eigenvalue weighted by atomic mass is 35.5. The highest BCUT2D eigenvalue weighted by Crippen LogP contribution is 2.15. The lowest BCUT2D eigenvalue weighted by Gasteiger charge is -2.16. The zero-order valence-electron chi connectivity index (χ0n) is 9.83. The van der Waals surface area contributed by atoms with Gasteiger partial charge in [-0.3, -0.25) is 4.79 Å². The molecule has 1 aromatic carbocycles. The minimum atomic E-state index is 0.0702. The third kappa shape index (κ3) is 3.83.